The number of methoxy groups -OCH3 is 1. The lowest BCUT2D eigenvalue weighted by Gasteiger charge is -1.94. The molecule has 0 spiro atoms. The van der Waals surface area contributed by atoms with Gasteiger partial charge in [0.25, 0.3) is 0 Å². The molecule has 0 amide bonds. The topological polar surface area (TPSA) is 39.2 Å². The Bertz CT molecular complexity index is 435. The number of hydrogen-bond donors (Lipinski definition) is 0. The number of halogens is 2. The molecule has 1 aromatic rings. The number of carbonyl (C=O) groups excluding carboxylic acids is 1. The van der Waals surface area contributed by atoms with Crippen molar-refractivity contribution >= 4 is 29.2 Å². The summed E-state index contributed by atoms with van der Waals surface area (Å²) in [5, 5.41) is 0.707. The standard InChI is InChI=1S/C10H7Cl2NO2/c1-15-9(14)4-2-3-7-5-8(11)6-13-10(7)12/h5-6H,4H2,1H3. The molecule has 0 saturated carbocycles. The lowest BCUT2D eigenvalue weighted by atomic mass is 10.3. The summed E-state index contributed by atoms with van der Waals surface area (Å²) >= 11 is 11.5. The number of aromatic nitrogens is 1. The van der Waals surface area contributed by atoms with E-state index in [1.807, 2.05) is 0 Å². The summed E-state index contributed by atoms with van der Waals surface area (Å²) in [6, 6.07) is 1.58. The normalized spacial score (nSPS) is 9.00. The Hall–Kier alpha value is -1.24. The molecular formula is C10H7Cl2NO2. The summed E-state index contributed by atoms with van der Waals surface area (Å²) in [5.41, 5.74) is 0.494. The van der Waals surface area contributed by atoms with E-state index in [0.29, 0.717) is 10.6 Å². The summed E-state index contributed by atoms with van der Waals surface area (Å²) in [5.74, 6) is 4.91. The Morgan fingerprint density at radius 2 is 2.33 bits per heavy atom. The molecule has 1 aromatic heterocycles. The molecule has 0 aromatic carbocycles. The molecule has 0 N–H and O–H groups in total. The van der Waals surface area contributed by atoms with Gasteiger partial charge in [0, 0.05) is 6.20 Å². The monoisotopic (exact) mass is 243 g/mol. The van der Waals surface area contributed by atoms with Gasteiger partial charge in [-0.05, 0) is 6.07 Å². The Morgan fingerprint density at radius 3 is 3.00 bits per heavy atom. The van der Waals surface area contributed by atoms with Crippen molar-refractivity contribution < 1.29 is 9.53 Å². The minimum absolute atomic E-state index is 0.0132. The van der Waals surface area contributed by atoms with Crippen LogP contribution in [-0.2, 0) is 9.53 Å². The second-order valence-corrected chi connectivity index (χ2v) is 3.34. The van der Waals surface area contributed by atoms with Gasteiger partial charge < -0.3 is 4.74 Å². The highest BCUT2D eigenvalue weighted by Crippen LogP contribution is 2.16. The van der Waals surface area contributed by atoms with E-state index in [1.54, 1.807) is 6.07 Å². The maximum atomic E-state index is 10.8. The highest BCUT2D eigenvalue weighted by atomic mass is 35.5. The zero-order valence-electron chi connectivity index (χ0n) is 7.88. The van der Waals surface area contributed by atoms with Gasteiger partial charge in [-0.2, -0.15) is 0 Å². The summed E-state index contributed by atoms with van der Waals surface area (Å²) in [4.78, 5) is 14.6. The van der Waals surface area contributed by atoms with E-state index in [1.165, 1.54) is 13.3 Å². The average Bonchev–Trinajstić information content (AvgIpc) is 2.23. The largest absolute Gasteiger partial charge is 0.468 e. The maximum Gasteiger partial charge on any atom is 0.317 e. The van der Waals surface area contributed by atoms with Gasteiger partial charge in [0.2, 0.25) is 0 Å². The Labute approximate surface area is 97.4 Å². The van der Waals surface area contributed by atoms with Crippen molar-refractivity contribution in [3.05, 3.63) is 28.0 Å². The fourth-order valence-electron chi connectivity index (χ4n) is 0.794. The van der Waals surface area contributed by atoms with Gasteiger partial charge in [-0.25, -0.2) is 4.98 Å². The smallest absolute Gasteiger partial charge is 0.317 e. The third kappa shape index (κ3) is 3.78. The molecule has 1 rings (SSSR count). The molecule has 0 aliphatic rings. The first-order valence-corrected chi connectivity index (χ1v) is 4.76. The van der Waals surface area contributed by atoms with Crippen LogP contribution >= 0.6 is 23.2 Å². The summed E-state index contributed by atoms with van der Waals surface area (Å²) in [6.07, 6.45) is 1.44. The molecular weight excluding hydrogens is 237 g/mol. The van der Waals surface area contributed by atoms with Gasteiger partial charge in [0.1, 0.15) is 11.6 Å². The number of hydrogen-bond acceptors (Lipinski definition) is 3. The molecule has 0 atom stereocenters. The molecule has 0 fully saturated rings. The third-order valence-corrected chi connectivity index (χ3v) is 2.00. The first-order chi connectivity index (χ1) is 7.13. The molecule has 0 aliphatic carbocycles. The number of pyridine rings is 1. The van der Waals surface area contributed by atoms with Crippen LogP contribution in [0, 0.1) is 11.8 Å². The fourth-order valence-corrected chi connectivity index (χ4v) is 1.10. The number of rotatable bonds is 1. The predicted molar refractivity (Wildman–Crippen MR) is 57.8 cm³/mol. The number of nitrogens with zero attached hydrogens (tertiary/aromatic N) is 1. The van der Waals surface area contributed by atoms with Crippen molar-refractivity contribution in [2.75, 3.05) is 7.11 Å². The molecule has 0 saturated heterocycles. The summed E-state index contributed by atoms with van der Waals surface area (Å²) < 4.78 is 4.43. The van der Waals surface area contributed by atoms with Crippen LogP contribution in [0.3, 0.4) is 0 Å². The lowest BCUT2D eigenvalue weighted by molar-refractivity contribution is -0.139. The lowest BCUT2D eigenvalue weighted by Crippen LogP contribution is -1.97. The van der Waals surface area contributed by atoms with E-state index in [2.05, 4.69) is 21.6 Å². The van der Waals surface area contributed by atoms with Gasteiger partial charge in [-0.3, -0.25) is 4.79 Å². The fraction of sp³-hybridized carbons (Fsp3) is 0.200. The van der Waals surface area contributed by atoms with E-state index in [4.69, 9.17) is 23.2 Å². The number of esters is 1. The molecule has 0 bridgehead atoms. The summed E-state index contributed by atoms with van der Waals surface area (Å²) in [6.45, 7) is 0. The van der Waals surface area contributed by atoms with E-state index in [9.17, 15) is 4.79 Å². The maximum absolute atomic E-state index is 10.8. The molecule has 15 heavy (non-hydrogen) atoms. The van der Waals surface area contributed by atoms with Gasteiger partial charge >= 0.3 is 5.97 Å². The second-order valence-electron chi connectivity index (χ2n) is 2.55. The van der Waals surface area contributed by atoms with E-state index >= 15 is 0 Å². The van der Waals surface area contributed by atoms with Crippen molar-refractivity contribution in [1.82, 2.24) is 4.98 Å². The summed E-state index contributed by atoms with van der Waals surface area (Å²) in [7, 11) is 1.30. The van der Waals surface area contributed by atoms with Gasteiger partial charge in [0.05, 0.1) is 17.7 Å². The molecule has 5 heteroatoms. The van der Waals surface area contributed by atoms with Crippen molar-refractivity contribution in [2.24, 2.45) is 0 Å². The zero-order chi connectivity index (χ0) is 11.3. The Balaban J connectivity index is 2.79. The highest BCUT2D eigenvalue weighted by Gasteiger charge is 1.99. The Morgan fingerprint density at radius 1 is 1.60 bits per heavy atom. The van der Waals surface area contributed by atoms with Crippen molar-refractivity contribution in [3.63, 3.8) is 0 Å². The van der Waals surface area contributed by atoms with Gasteiger partial charge in [-0.1, -0.05) is 35.0 Å². The molecule has 0 radical (unpaired) electrons. The van der Waals surface area contributed by atoms with E-state index < -0.39 is 5.97 Å². The predicted octanol–water partition coefficient (Wildman–Crippen LogP) is 2.30. The number of ether oxygens (including phenoxy) is 1. The van der Waals surface area contributed by atoms with Gasteiger partial charge in [0.15, 0.2) is 0 Å². The third-order valence-electron chi connectivity index (χ3n) is 1.49. The molecule has 78 valence electrons. The van der Waals surface area contributed by atoms with Crippen molar-refractivity contribution in [3.8, 4) is 11.8 Å². The first kappa shape index (κ1) is 11.8. The molecule has 0 unspecified atom stereocenters. The first-order valence-electron chi connectivity index (χ1n) is 4.00. The van der Waals surface area contributed by atoms with Gasteiger partial charge in [-0.15, -0.1) is 0 Å². The van der Waals surface area contributed by atoms with Crippen molar-refractivity contribution in [1.29, 1.82) is 0 Å². The SMILES string of the molecule is COC(=O)CC#Cc1cc(Cl)cnc1Cl. The number of carbonyl (C=O) groups is 1. The van der Waals surface area contributed by atoms with Crippen LogP contribution in [0.4, 0.5) is 0 Å². The minimum atomic E-state index is -0.395. The zero-order valence-corrected chi connectivity index (χ0v) is 9.39. The quantitative estimate of drug-likeness (QED) is 0.432. The van der Waals surface area contributed by atoms with Crippen LogP contribution in [-0.4, -0.2) is 18.1 Å². The van der Waals surface area contributed by atoms with Crippen molar-refractivity contribution in [2.45, 2.75) is 6.42 Å². The highest BCUT2D eigenvalue weighted by molar-refractivity contribution is 6.32. The van der Waals surface area contributed by atoms with Crippen LogP contribution in [0.1, 0.15) is 12.0 Å². The average molecular weight is 244 g/mol. The van der Waals surface area contributed by atoms with Crippen LogP contribution in [0.2, 0.25) is 10.2 Å². The van der Waals surface area contributed by atoms with Crippen LogP contribution in [0.15, 0.2) is 12.3 Å². The van der Waals surface area contributed by atoms with Crippen LogP contribution < -0.4 is 0 Å². The Kier molecular flexibility index (Phi) is 4.41. The minimum Gasteiger partial charge on any atom is -0.468 e. The van der Waals surface area contributed by atoms with E-state index in [0.717, 1.165) is 0 Å². The molecule has 1 heterocycles. The van der Waals surface area contributed by atoms with Crippen LogP contribution in [0.25, 0.3) is 0 Å². The molecule has 0 aliphatic heterocycles. The van der Waals surface area contributed by atoms with E-state index in [-0.39, 0.29) is 11.6 Å². The molecule has 3 nitrogen and oxygen atoms in total. The second kappa shape index (κ2) is 5.59. The van der Waals surface area contributed by atoms with Crippen LogP contribution in [0.5, 0.6) is 0 Å².